The standard InChI is InChI=1S/C16H26N4/c1-12(2)14-10-6-7-11-15(14)19-16(20-17)18-13-8-4-3-5-9-13/h6-7,10-13H,3-5,8-9,17H2,1-2H3,(H2,18,19,20). The number of para-hydroxylation sites is 1. The summed E-state index contributed by atoms with van der Waals surface area (Å²) in [7, 11) is 0. The van der Waals surface area contributed by atoms with Crippen LogP contribution in [0.5, 0.6) is 0 Å². The number of hydrazine groups is 1. The van der Waals surface area contributed by atoms with Crippen LogP contribution in [-0.2, 0) is 0 Å². The van der Waals surface area contributed by atoms with Crippen molar-refractivity contribution >= 4 is 11.6 Å². The lowest BCUT2D eigenvalue weighted by Crippen LogP contribution is -2.37. The largest absolute Gasteiger partial charge is 0.325 e. The lowest BCUT2D eigenvalue weighted by atomic mass is 9.96. The van der Waals surface area contributed by atoms with Crippen molar-refractivity contribution in [3.05, 3.63) is 29.8 Å². The molecule has 1 aromatic carbocycles. The molecule has 0 aliphatic heterocycles. The highest BCUT2D eigenvalue weighted by molar-refractivity contribution is 5.94. The van der Waals surface area contributed by atoms with E-state index in [1.165, 1.54) is 37.7 Å². The molecule has 0 unspecified atom stereocenters. The lowest BCUT2D eigenvalue weighted by Gasteiger charge is -2.20. The fraction of sp³-hybridized carbons (Fsp3) is 0.562. The van der Waals surface area contributed by atoms with E-state index in [1.54, 1.807) is 0 Å². The van der Waals surface area contributed by atoms with Gasteiger partial charge < -0.3 is 5.32 Å². The first kappa shape index (κ1) is 14.9. The minimum Gasteiger partial charge on any atom is -0.325 e. The summed E-state index contributed by atoms with van der Waals surface area (Å²) in [6.07, 6.45) is 6.21. The van der Waals surface area contributed by atoms with Gasteiger partial charge in [0.05, 0.1) is 6.04 Å². The van der Waals surface area contributed by atoms with Gasteiger partial charge in [-0.15, -0.1) is 0 Å². The highest BCUT2D eigenvalue weighted by Gasteiger charge is 2.14. The number of hydrogen-bond acceptors (Lipinski definition) is 2. The third kappa shape index (κ3) is 3.97. The van der Waals surface area contributed by atoms with Crippen LogP contribution in [0.3, 0.4) is 0 Å². The van der Waals surface area contributed by atoms with E-state index in [9.17, 15) is 0 Å². The number of aliphatic imine (C=N–C) groups is 1. The maximum absolute atomic E-state index is 5.62. The van der Waals surface area contributed by atoms with Gasteiger partial charge in [0.2, 0.25) is 5.96 Å². The number of anilines is 1. The lowest BCUT2D eigenvalue weighted by molar-refractivity contribution is 0.442. The highest BCUT2D eigenvalue weighted by atomic mass is 15.3. The summed E-state index contributed by atoms with van der Waals surface area (Å²) >= 11 is 0. The molecule has 1 aliphatic rings. The van der Waals surface area contributed by atoms with E-state index >= 15 is 0 Å². The Morgan fingerprint density at radius 3 is 2.55 bits per heavy atom. The molecule has 1 aliphatic carbocycles. The summed E-state index contributed by atoms with van der Waals surface area (Å²) < 4.78 is 0. The van der Waals surface area contributed by atoms with Crippen molar-refractivity contribution in [2.45, 2.75) is 57.9 Å². The van der Waals surface area contributed by atoms with E-state index in [2.05, 4.69) is 42.8 Å². The molecule has 1 aromatic rings. The van der Waals surface area contributed by atoms with E-state index in [0.717, 1.165) is 5.69 Å². The van der Waals surface area contributed by atoms with Crippen LogP contribution in [0, 0.1) is 0 Å². The molecule has 2 rings (SSSR count). The molecule has 0 saturated heterocycles. The van der Waals surface area contributed by atoms with E-state index in [1.807, 2.05) is 6.07 Å². The molecule has 0 radical (unpaired) electrons. The fourth-order valence-electron chi connectivity index (χ4n) is 2.74. The van der Waals surface area contributed by atoms with Gasteiger partial charge in [-0.1, -0.05) is 51.3 Å². The zero-order chi connectivity index (χ0) is 14.4. The molecule has 1 fully saturated rings. The molecule has 0 amide bonds. The van der Waals surface area contributed by atoms with Crippen molar-refractivity contribution in [2.24, 2.45) is 10.8 Å². The minimum atomic E-state index is 0.397. The summed E-state index contributed by atoms with van der Waals surface area (Å²) in [5.74, 6) is 6.76. The van der Waals surface area contributed by atoms with Crippen LogP contribution >= 0.6 is 0 Å². The first-order valence-electron chi connectivity index (χ1n) is 7.61. The second-order valence-electron chi connectivity index (χ2n) is 5.78. The fourth-order valence-corrected chi connectivity index (χ4v) is 2.74. The van der Waals surface area contributed by atoms with Gasteiger partial charge >= 0.3 is 0 Å². The van der Waals surface area contributed by atoms with Crippen molar-refractivity contribution in [1.29, 1.82) is 0 Å². The Balaban J connectivity index is 2.11. The summed E-state index contributed by atoms with van der Waals surface area (Å²) in [6.45, 7) is 4.38. The van der Waals surface area contributed by atoms with Crippen LogP contribution in [-0.4, -0.2) is 12.0 Å². The first-order valence-corrected chi connectivity index (χ1v) is 7.61. The van der Waals surface area contributed by atoms with Gasteiger partial charge in [-0.3, -0.25) is 5.43 Å². The molecule has 0 aromatic heterocycles. The monoisotopic (exact) mass is 274 g/mol. The molecular weight excluding hydrogens is 248 g/mol. The quantitative estimate of drug-likeness (QED) is 0.343. The highest BCUT2D eigenvalue weighted by Crippen LogP contribution is 2.24. The van der Waals surface area contributed by atoms with E-state index < -0.39 is 0 Å². The molecule has 0 heterocycles. The van der Waals surface area contributed by atoms with Gasteiger partial charge in [0.1, 0.15) is 0 Å². The molecule has 4 N–H and O–H groups in total. The van der Waals surface area contributed by atoms with Gasteiger partial charge in [0, 0.05) is 5.69 Å². The Morgan fingerprint density at radius 1 is 1.20 bits per heavy atom. The van der Waals surface area contributed by atoms with Gasteiger partial charge in [-0.25, -0.2) is 10.8 Å². The molecule has 4 heteroatoms. The summed E-state index contributed by atoms with van der Waals surface area (Å²) in [5.41, 5.74) is 5.06. The Bertz CT molecular complexity index is 448. The zero-order valence-corrected chi connectivity index (χ0v) is 12.5. The Hall–Kier alpha value is -1.55. The van der Waals surface area contributed by atoms with Crippen LogP contribution in [0.4, 0.5) is 5.69 Å². The van der Waals surface area contributed by atoms with Crippen molar-refractivity contribution in [2.75, 3.05) is 5.32 Å². The number of nitrogens with two attached hydrogens (primary N) is 1. The Kier molecular flexibility index (Phi) is 5.41. The van der Waals surface area contributed by atoms with Gasteiger partial charge in [0.25, 0.3) is 0 Å². The molecule has 1 saturated carbocycles. The molecular formula is C16H26N4. The van der Waals surface area contributed by atoms with Crippen molar-refractivity contribution < 1.29 is 0 Å². The van der Waals surface area contributed by atoms with E-state index in [0.29, 0.717) is 17.9 Å². The smallest absolute Gasteiger partial charge is 0.210 e. The molecule has 4 nitrogen and oxygen atoms in total. The number of benzene rings is 1. The average Bonchev–Trinajstić information content (AvgIpc) is 2.48. The molecule has 110 valence electrons. The number of nitrogens with zero attached hydrogens (tertiary/aromatic N) is 1. The predicted octanol–water partition coefficient (Wildman–Crippen LogP) is 3.37. The predicted molar refractivity (Wildman–Crippen MR) is 85.8 cm³/mol. The van der Waals surface area contributed by atoms with Crippen LogP contribution < -0.4 is 16.6 Å². The summed E-state index contributed by atoms with van der Waals surface area (Å²) in [6, 6.07) is 8.70. The summed E-state index contributed by atoms with van der Waals surface area (Å²) in [4.78, 5) is 4.72. The SMILES string of the molecule is CC(C)c1ccccc1NC(=NC1CCCCC1)NN. The topological polar surface area (TPSA) is 62.4 Å². The van der Waals surface area contributed by atoms with E-state index in [-0.39, 0.29) is 0 Å². The van der Waals surface area contributed by atoms with Crippen LogP contribution in [0.15, 0.2) is 29.3 Å². The number of guanidine groups is 1. The third-order valence-electron chi connectivity index (χ3n) is 3.86. The number of rotatable bonds is 3. The molecule has 0 spiro atoms. The maximum atomic E-state index is 5.62. The molecule has 20 heavy (non-hydrogen) atoms. The zero-order valence-electron chi connectivity index (χ0n) is 12.5. The van der Waals surface area contributed by atoms with Gasteiger partial charge in [-0.05, 0) is 30.4 Å². The van der Waals surface area contributed by atoms with Gasteiger partial charge in [-0.2, -0.15) is 0 Å². The van der Waals surface area contributed by atoms with Crippen LogP contribution in [0.25, 0.3) is 0 Å². The third-order valence-corrected chi connectivity index (χ3v) is 3.86. The van der Waals surface area contributed by atoms with Crippen LogP contribution in [0.2, 0.25) is 0 Å². The number of nitrogens with one attached hydrogen (secondary N) is 2. The summed E-state index contributed by atoms with van der Waals surface area (Å²) in [5, 5.41) is 3.34. The Labute approximate surface area is 121 Å². The average molecular weight is 274 g/mol. The normalized spacial score (nSPS) is 17.3. The van der Waals surface area contributed by atoms with Gasteiger partial charge in [0.15, 0.2) is 0 Å². The molecule has 0 atom stereocenters. The van der Waals surface area contributed by atoms with Crippen molar-refractivity contribution in [3.63, 3.8) is 0 Å². The number of hydrogen-bond donors (Lipinski definition) is 3. The van der Waals surface area contributed by atoms with Crippen molar-refractivity contribution in [1.82, 2.24) is 5.43 Å². The minimum absolute atomic E-state index is 0.397. The Morgan fingerprint density at radius 2 is 1.90 bits per heavy atom. The second kappa shape index (κ2) is 7.29. The molecule has 0 bridgehead atoms. The maximum Gasteiger partial charge on any atom is 0.210 e. The first-order chi connectivity index (χ1) is 9.70. The van der Waals surface area contributed by atoms with E-state index in [4.69, 9.17) is 10.8 Å². The van der Waals surface area contributed by atoms with Crippen molar-refractivity contribution in [3.8, 4) is 0 Å². The second-order valence-corrected chi connectivity index (χ2v) is 5.78. The van der Waals surface area contributed by atoms with Crippen LogP contribution in [0.1, 0.15) is 57.4 Å².